The van der Waals surface area contributed by atoms with Crippen LogP contribution in [0.5, 0.6) is 5.75 Å². The molecule has 6 heteroatoms. The standard InChI is InChI=1S/C21H31N3O3/c1-6-14-27-21-17(9-7-10-19(25)23(3)4)11-12-18-20(21)24(16(2)22-18)13-8-15-26-5/h7,10-12H,6,8-9,13-15H2,1-5H3/b10-7-. The van der Waals surface area contributed by atoms with Crippen molar-refractivity contribution in [2.45, 2.75) is 39.7 Å². The molecule has 0 N–H and O–H groups in total. The molecule has 27 heavy (non-hydrogen) atoms. The second-order valence-corrected chi connectivity index (χ2v) is 6.77. The molecule has 0 radical (unpaired) electrons. The van der Waals surface area contributed by atoms with Gasteiger partial charge in [0.2, 0.25) is 5.91 Å². The predicted octanol–water partition coefficient (Wildman–Crippen LogP) is 3.36. The summed E-state index contributed by atoms with van der Waals surface area (Å²) in [6.45, 7) is 6.30. The fourth-order valence-electron chi connectivity index (χ4n) is 2.95. The molecule has 2 aromatic rings. The molecule has 0 aliphatic carbocycles. The molecule has 0 unspecified atom stereocenters. The van der Waals surface area contributed by atoms with E-state index in [-0.39, 0.29) is 5.91 Å². The van der Waals surface area contributed by atoms with Crippen molar-refractivity contribution in [2.24, 2.45) is 0 Å². The number of rotatable bonds is 10. The normalized spacial score (nSPS) is 11.4. The van der Waals surface area contributed by atoms with Crippen LogP contribution in [0.25, 0.3) is 11.0 Å². The Morgan fingerprint density at radius 2 is 2.07 bits per heavy atom. The quantitative estimate of drug-likeness (QED) is 0.473. The van der Waals surface area contributed by atoms with E-state index in [1.807, 2.05) is 25.1 Å². The van der Waals surface area contributed by atoms with Gasteiger partial charge in [0.15, 0.2) is 0 Å². The Labute approximate surface area is 161 Å². The van der Waals surface area contributed by atoms with Crippen molar-refractivity contribution in [3.63, 3.8) is 0 Å². The van der Waals surface area contributed by atoms with Crippen LogP contribution in [0.15, 0.2) is 24.3 Å². The Hall–Kier alpha value is -2.34. The molecule has 1 aromatic carbocycles. The highest BCUT2D eigenvalue weighted by Crippen LogP contribution is 2.32. The van der Waals surface area contributed by atoms with Gasteiger partial charge in [-0.1, -0.05) is 19.1 Å². The van der Waals surface area contributed by atoms with Gasteiger partial charge in [0, 0.05) is 39.9 Å². The number of carbonyl (C=O) groups excluding carboxylic acids is 1. The van der Waals surface area contributed by atoms with Gasteiger partial charge < -0.3 is 18.9 Å². The number of hydrogen-bond acceptors (Lipinski definition) is 4. The van der Waals surface area contributed by atoms with Crippen LogP contribution in [0.4, 0.5) is 0 Å². The van der Waals surface area contributed by atoms with E-state index >= 15 is 0 Å². The number of nitrogens with zero attached hydrogens (tertiary/aromatic N) is 3. The van der Waals surface area contributed by atoms with Crippen molar-refractivity contribution in [3.8, 4) is 5.75 Å². The summed E-state index contributed by atoms with van der Waals surface area (Å²) in [6, 6.07) is 4.08. The highest BCUT2D eigenvalue weighted by Gasteiger charge is 2.16. The van der Waals surface area contributed by atoms with Gasteiger partial charge in [-0.2, -0.15) is 0 Å². The number of aromatic nitrogens is 2. The SMILES string of the molecule is CCCOc1c(C/C=C\C(=O)N(C)C)ccc2nc(C)n(CCCOC)c12. The number of aryl methyl sites for hydroxylation is 2. The molecule has 2 rings (SSSR count). The number of likely N-dealkylation sites (N-methyl/N-ethyl adjacent to an activating group) is 1. The van der Waals surface area contributed by atoms with Crippen molar-refractivity contribution in [1.82, 2.24) is 14.5 Å². The van der Waals surface area contributed by atoms with Crippen molar-refractivity contribution in [1.29, 1.82) is 0 Å². The lowest BCUT2D eigenvalue weighted by Crippen LogP contribution is -2.18. The summed E-state index contributed by atoms with van der Waals surface area (Å²) in [4.78, 5) is 18.0. The van der Waals surface area contributed by atoms with Crippen LogP contribution in [-0.2, 0) is 22.5 Å². The number of imidazole rings is 1. The van der Waals surface area contributed by atoms with Crippen LogP contribution in [0.3, 0.4) is 0 Å². The lowest BCUT2D eigenvalue weighted by atomic mass is 10.1. The second-order valence-electron chi connectivity index (χ2n) is 6.77. The topological polar surface area (TPSA) is 56.6 Å². The first-order valence-electron chi connectivity index (χ1n) is 9.47. The molecule has 1 heterocycles. The molecule has 0 aliphatic rings. The number of ether oxygens (including phenoxy) is 2. The second kappa shape index (κ2) is 10.1. The zero-order valence-corrected chi connectivity index (χ0v) is 17.1. The lowest BCUT2D eigenvalue weighted by Gasteiger charge is -2.14. The fraction of sp³-hybridized carbons (Fsp3) is 0.524. The maximum Gasteiger partial charge on any atom is 0.245 e. The van der Waals surface area contributed by atoms with E-state index in [4.69, 9.17) is 14.5 Å². The van der Waals surface area contributed by atoms with Crippen LogP contribution in [0, 0.1) is 6.92 Å². The van der Waals surface area contributed by atoms with Gasteiger partial charge >= 0.3 is 0 Å². The molecule has 0 bridgehead atoms. The van der Waals surface area contributed by atoms with E-state index in [9.17, 15) is 4.79 Å². The molecule has 0 saturated carbocycles. The molecule has 0 aliphatic heterocycles. The van der Waals surface area contributed by atoms with Gasteiger partial charge in [-0.05, 0) is 38.3 Å². The molecule has 6 nitrogen and oxygen atoms in total. The van der Waals surface area contributed by atoms with E-state index in [2.05, 4.69) is 11.5 Å². The van der Waals surface area contributed by atoms with Crippen LogP contribution in [0.2, 0.25) is 0 Å². The van der Waals surface area contributed by atoms with Crippen LogP contribution >= 0.6 is 0 Å². The summed E-state index contributed by atoms with van der Waals surface area (Å²) < 4.78 is 13.5. The molecule has 148 valence electrons. The lowest BCUT2D eigenvalue weighted by molar-refractivity contribution is -0.123. The number of hydrogen-bond donors (Lipinski definition) is 0. The smallest absolute Gasteiger partial charge is 0.245 e. The van der Waals surface area contributed by atoms with Crippen LogP contribution < -0.4 is 4.74 Å². The Kier molecular flexibility index (Phi) is 7.85. The van der Waals surface area contributed by atoms with Crippen molar-refractivity contribution in [2.75, 3.05) is 34.4 Å². The van der Waals surface area contributed by atoms with E-state index in [1.165, 1.54) is 0 Å². The minimum absolute atomic E-state index is 0.0208. The number of methoxy groups -OCH3 is 1. The highest BCUT2D eigenvalue weighted by atomic mass is 16.5. The van der Waals surface area contributed by atoms with Gasteiger partial charge in [-0.3, -0.25) is 4.79 Å². The predicted molar refractivity (Wildman–Crippen MR) is 108 cm³/mol. The maximum absolute atomic E-state index is 11.8. The largest absolute Gasteiger partial charge is 0.491 e. The molecular weight excluding hydrogens is 342 g/mol. The number of carbonyl (C=O) groups is 1. The Morgan fingerprint density at radius 3 is 2.74 bits per heavy atom. The van der Waals surface area contributed by atoms with Gasteiger partial charge in [0.1, 0.15) is 17.1 Å². The highest BCUT2D eigenvalue weighted by molar-refractivity contribution is 5.87. The van der Waals surface area contributed by atoms with Gasteiger partial charge in [0.25, 0.3) is 0 Å². The van der Waals surface area contributed by atoms with Crippen molar-refractivity contribution < 1.29 is 14.3 Å². The zero-order chi connectivity index (χ0) is 19.8. The Balaban J connectivity index is 2.40. The van der Waals surface area contributed by atoms with Crippen LogP contribution in [0.1, 0.15) is 31.2 Å². The van der Waals surface area contributed by atoms with E-state index in [1.54, 1.807) is 32.2 Å². The molecule has 0 atom stereocenters. The first-order valence-corrected chi connectivity index (χ1v) is 9.47. The molecule has 0 saturated heterocycles. The summed E-state index contributed by atoms with van der Waals surface area (Å²) in [5.74, 6) is 1.82. The molecule has 0 fully saturated rings. The zero-order valence-electron chi connectivity index (χ0n) is 17.1. The monoisotopic (exact) mass is 373 g/mol. The summed E-state index contributed by atoms with van der Waals surface area (Å²) in [7, 11) is 5.21. The fourth-order valence-corrected chi connectivity index (χ4v) is 2.95. The van der Waals surface area contributed by atoms with Crippen molar-refractivity contribution in [3.05, 3.63) is 35.7 Å². The third-order valence-corrected chi connectivity index (χ3v) is 4.35. The van der Waals surface area contributed by atoms with E-state index in [0.717, 1.165) is 47.6 Å². The number of allylic oxidation sites excluding steroid dienone is 1. The first-order chi connectivity index (χ1) is 13.0. The van der Waals surface area contributed by atoms with Gasteiger partial charge in [0.05, 0.1) is 12.1 Å². The Morgan fingerprint density at radius 1 is 1.30 bits per heavy atom. The third-order valence-electron chi connectivity index (χ3n) is 4.35. The number of fused-ring (bicyclic) bond motifs is 1. The van der Waals surface area contributed by atoms with Crippen molar-refractivity contribution >= 4 is 16.9 Å². The summed E-state index contributed by atoms with van der Waals surface area (Å²) >= 11 is 0. The summed E-state index contributed by atoms with van der Waals surface area (Å²) in [6.07, 6.45) is 5.98. The molecule has 1 aromatic heterocycles. The number of amides is 1. The summed E-state index contributed by atoms with van der Waals surface area (Å²) in [5.41, 5.74) is 3.03. The number of benzene rings is 1. The first kappa shape index (κ1) is 21.0. The third kappa shape index (κ3) is 5.32. The molecule has 1 amide bonds. The molecular formula is C21H31N3O3. The van der Waals surface area contributed by atoms with Gasteiger partial charge in [-0.25, -0.2) is 4.98 Å². The van der Waals surface area contributed by atoms with E-state index in [0.29, 0.717) is 19.6 Å². The van der Waals surface area contributed by atoms with Crippen LogP contribution in [-0.4, -0.2) is 54.8 Å². The minimum atomic E-state index is -0.0208. The van der Waals surface area contributed by atoms with E-state index < -0.39 is 0 Å². The molecule has 0 spiro atoms. The average Bonchev–Trinajstić information content (AvgIpc) is 2.96. The summed E-state index contributed by atoms with van der Waals surface area (Å²) in [5, 5.41) is 0. The maximum atomic E-state index is 11.8. The average molecular weight is 373 g/mol. The Bertz CT molecular complexity index is 794. The minimum Gasteiger partial charge on any atom is -0.491 e. The van der Waals surface area contributed by atoms with Gasteiger partial charge in [-0.15, -0.1) is 0 Å².